The lowest BCUT2D eigenvalue weighted by molar-refractivity contribution is -0.684. The Morgan fingerprint density at radius 2 is 0.705 bits per heavy atom. The maximum atomic E-state index is 15.4. The molecule has 25 heteroatoms. The van der Waals surface area contributed by atoms with Gasteiger partial charge in [0.15, 0.2) is 80.6 Å². The van der Waals surface area contributed by atoms with E-state index in [1.165, 1.54) is 0 Å². The predicted octanol–water partition coefficient (Wildman–Crippen LogP) is 7.86. The van der Waals surface area contributed by atoms with E-state index in [1.807, 2.05) is 30.3 Å². The fourth-order valence-electron chi connectivity index (χ4n) is 6.26. The lowest BCUT2D eigenvalue weighted by Gasteiger charge is -2.44. The SMILES string of the molecule is Fc1c(F)c(F)c([B-](c2c(F)c(F)c(F)c(F)c2F)(c2c(F)c(F)c(F)c(F)c2F)c2c(F)c(F)c(F)c(F)c2F)c(F)c1F.O=C(C[n+]1ccnc(Br)c1)c1ccccc1. The standard InChI is InChI=1S/C24BF20.C12H10BrN2O/c26-5-1(6(27)14(35)21(42)13(5)34)25(2-7(28)15(36)22(43)16(37)8(2)29,3-9(30)17(38)23(44)18(39)10(3)31)4-11(32)19(40)24(45)20(41)12(4)33;13-12-9-15(7-6-14-12)8-11(16)10-4-2-1-3-5-10/h;1-7,9H,8H2/q-1;+1. The number of hydrogen-bond acceptors (Lipinski definition) is 2. The number of carbonyl (C=O) groups is 1. The quantitative estimate of drug-likeness (QED) is 0.0409. The van der Waals surface area contributed by atoms with Crippen molar-refractivity contribution in [2.75, 3.05) is 0 Å². The van der Waals surface area contributed by atoms with Crippen LogP contribution in [0, 0.1) is 116 Å². The van der Waals surface area contributed by atoms with E-state index in [0.717, 1.165) is 10.2 Å². The van der Waals surface area contributed by atoms with Crippen molar-refractivity contribution < 1.29 is 97.2 Å². The highest BCUT2D eigenvalue weighted by molar-refractivity contribution is 9.10. The summed E-state index contributed by atoms with van der Waals surface area (Å²) in [4.78, 5) is 15.9. The van der Waals surface area contributed by atoms with Gasteiger partial charge in [-0.3, -0.25) is 4.79 Å². The predicted molar refractivity (Wildman–Crippen MR) is 172 cm³/mol. The van der Waals surface area contributed by atoms with E-state index >= 15 is 35.1 Å². The lowest BCUT2D eigenvalue weighted by Crippen LogP contribution is -2.81. The molecule has 0 atom stereocenters. The normalized spacial score (nSPS) is 11.5. The van der Waals surface area contributed by atoms with E-state index in [2.05, 4.69) is 20.9 Å². The molecule has 0 aliphatic rings. The van der Waals surface area contributed by atoms with Gasteiger partial charge in [0.1, 0.15) is 52.7 Å². The zero-order chi connectivity index (χ0) is 45.7. The number of carbonyl (C=O) groups excluding carboxylic acids is 1. The first-order chi connectivity index (χ1) is 28.5. The van der Waals surface area contributed by atoms with Gasteiger partial charge in [0.2, 0.25) is 18.5 Å². The summed E-state index contributed by atoms with van der Waals surface area (Å²) < 4.78 is 296. The summed E-state index contributed by atoms with van der Waals surface area (Å²) in [6.07, 6.45) is -2.01. The van der Waals surface area contributed by atoms with E-state index in [1.54, 1.807) is 23.2 Å². The average molecular weight is 957 g/mol. The van der Waals surface area contributed by atoms with Crippen LogP contribution in [0.4, 0.5) is 87.8 Å². The second-order valence-electron chi connectivity index (χ2n) is 12.1. The molecule has 3 nitrogen and oxygen atoms in total. The summed E-state index contributed by atoms with van der Waals surface area (Å²) in [7, 11) is 0. The number of Topliss-reactive ketones (excluding diaryl/α,β-unsaturated/α-hetero) is 1. The first-order valence-corrected chi connectivity index (χ1v) is 16.6. The van der Waals surface area contributed by atoms with E-state index in [-0.39, 0.29) is 5.78 Å². The molecule has 0 bridgehead atoms. The van der Waals surface area contributed by atoms with Crippen molar-refractivity contribution >= 4 is 49.7 Å². The monoisotopic (exact) mass is 956 g/mol. The fraction of sp³-hybridized carbons (Fsp3) is 0.0278. The molecule has 6 rings (SSSR count). The second-order valence-corrected chi connectivity index (χ2v) is 13.0. The third-order valence-electron chi connectivity index (χ3n) is 8.86. The Kier molecular flexibility index (Phi) is 13.0. The molecule has 0 saturated carbocycles. The van der Waals surface area contributed by atoms with Crippen LogP contribution in [-0.4, -0.2) is 16.9 Å². The van der Waals surface area contributed by atoms with Crippen molar-refractivity contribution in [2.24, 2.45) is 0 Å². The Morgan fingerprint density at radius 3 is 0.967 bits per heavy atom. The molecule has 5 aromatic carbocycles. The van der Waals surface area contributed by atoms with Crippen molar-refractivity contribution in [3.63, 3.8) is 0 Å². The Bertz CT molecular complexity index is 2390. The maximum absolute atomic E-state index is 15.4. The molecular weight excluding hydrogens is 947 g/mol. The summed E-state index contributed by atoms with van der Waals surface area (Å²) >= 11 is 3.27. The van der Waals surface area contributed by atoms with Gasteiger partial charge < -0.3 is 0 Å². The molecule has 0 spiro atoms. The molecule has 0 N–H and O–H groups in total. The van der Waals surface area contributed by atoms with Gasteiger partial charge in [-0.15, -0.1) is 21.9 Å². The van der Waals surface area contributed by atoms with E-state index in [4.69, 9.17) is 0 Å². The van der Waals surface area contributed by atoms with Gasteiger partial charge in [-0.25, -0.2) is 92.8 Å². The van der Waals surface area contributed by atoms with Crippen LogP contribution in [0.3, 0.4) is 0 Å². The summed E-state index contributed by atoms with van der Waals surface area (Å²) in [6, 6.07) is 9.26. The number of halogens is 21. The minimum absolute atomic E-state index is 0.0868. The fourth-order valence-corrected chi connectivity index (χ4v) is 6.64. The topological polar surface area (TPSA) is 33.8 Å². The zero-order valence-electron chi connectivity index (χ0n) is 28.6. The van der Waals surface area contributed by atoms with Crippen molar-refractivity contribution in [2.45, 2.75) is 6.54 Å². The van der Waals surface area contributed by atoms with Crippen LogP contribution in [0.25, 0.3) is 0 Å². The molecule has 0 saturated heterocycles. The highest BCUT2D eigenvalue weighted by Crippen LogP contribution is 2.30. The summed E-state index contributed by atoms with van der Waals surface area (Å²) in [5, 5.41) is 0. The molecule has 1 aromatic heterocycles. The van der Waals surface area contributed by atoms with E-state index in [0.29, 0.717) is 6.54 Å². The largest absolute Gasteiger partial charge is 0.287 e. The summed E-state index contributed by atoms with van der Waals surface area (Å²) in [6.45, 7) is 0.325. The number of rotatable bonds is 7. The molecule has 0 radical (unpaired) electrons. The van der Waals surface area contributed by atoms with Crippen LogP contribution in [0.5, 0.6) is 0 Å². The van der Waals surface area contributed by atoms with Gasteiger partial charge in [-0.05, 0) is 15.9 Å². The van der Waals surface area contributed by atoms with Crippen LogP contribution in [0.1, 0.15) is 10.4 Å². The second kappa shape index (κ2) is 17.2. The molecule has 0 amide bonds. The summed E-state index contributed by atoms with van der Waals surface area (Å²) in [5.74, 6) is -71.3. The first kappa shape index (κ1) is 46.1. The zero-order valence-corrected chi connectivity index (χ0v) is 30.2. The van der Waals surface area contributed by atoms with E-state index in [9.17, 15) is 57.5 Å². The van der Waals surface area contributed by atoms with Crippen molar-refractivity contribution in [3.8, 4) is 0 Å². The minimum Gasteiger partial charge on any atom is -0.287 e. The van der Waals surface area contributed by atoms with Crippen LogP contribution in [-0.2, 0) is 6.54 Å². The number of aromatic nitrogens is 2. The average Bonchev–Trinajstić information content (AvgIpc) is 3.24. The van der Waals surface area contributed by atoms with Crippen LogP contribution in [0.15, 0.2) is 53.5 Å². The van der Waals surface area contributed by atoms with Crippen molar-refractivity contribution in [1.29, 1.82) is 0 Å². The van der Waals surface area contributed by atoms with Gasteiger partial charge in [-0.1, -0.05) is 30.3 Å². The molecule has 0 fully saturated rings. The lowest BCUT2D eigenvalue weighted by atomic mass is 9.12. The molecule has 0 unspecified atom stereocenters. The Balaban J connectivity index is 0.000000366. The highest BCUT2D eigenvalue weighted by Gasteiger charge is 2.52. The number of ketones is 1. The molecule has 6 aromatic rings. The van der Waals surface area contributed by atoms with Crippen molar-refractivity contribution in [1.82, 2.24) is 4.98 Å². The molecule has 61 heavy (non-hydrogen) atoms. The smallest absolute Gasteiger partial charge is 0.227 e. The van der Waals surface area contributed by atoms with Crippen molar-refractivity contribution in [3.05, 3.63) is 175 Å². The number of nitrogens with zero attached hydrogens (tertiary/aromatic N) is 2. The first-order valence-electron chi connectivity index (χ1n) is 15.8. The molecular formula is C36H10BBrF20N2O. The Morgan fingerprint density at radius 1 is 0.443 bits per heavy atom. The van der Waals surface area contributed by atoms with Gasteiger partial charge in [0, 0.05) is 5.56 Å². The third kappa shape index (κ3) is 7.45. The van der Waals surface area contributed by atoms with Gasteiger partial charge >= 0.3 is 0 Å². The molecule has 0 aliphatic heterocycles. The third-order valence-corrected chi connectivity index (χ3v) is 9.27. The molecule has 1 heterocycles. The van der Waals surface area contributed by atoms with Gasteiger partial charge in [0.25, 0.3) is 0 Å². The molecule has 320 valence electrons. The summed E-state index contributed by atoms with van der Waals surface area (Å²) in [5.41, 5.74) is -13.6. The Hall–Kier alpha value is -6.01. The van der Waals surface area contributed by atoms with Gasteiger partial charge in [0.05, 0.1) is 6.20 Å². The maximum Gasteiger partial charge on any atom is 0.227 e. The minimum atomic E-state index is -7.22. The van der Waals surface area contributed by atoms with E-state index < -0.39 is 144 Å². The van der Waals surface area contributed by atoms with Crippen LogP contribution < -0.4 is 26.4 Å². The highest BCUT2D eigenvalue weighted by atomic mass is 79.9. The Labute approximate surface area is 333 Å². The van der Waals surface area contributed by atoms with Crippen LogP contribution in [0.2, 0.25) is 0 Å². The van der Waals surface area contributed by atoms with Gasteiger partial charge in [-0.2, -0.15) is 4.57 Å². The van der Waals surface area contributed by atoms with Crippen LogP contribution >= 0.6 is 15.9 Å². The number of hydrogen-bond donors (Lipinski definition) is 0. The number of benzene rings is 5. The molecule has 0 aliphatic carbocycles.